The van der Waals surface area contributed by atoms with Gasteiger partial charge in [0.25, 0.3) is 5.69 Å². The summed E-state index contributed by atoms with van der Waals surface area (Å²) >= 11 is 0. The fourth-order valence-corrected chi connectivity index (χ4v) is 6.97. The number of non-ortho nitro benzene ring substituents is 1. The predicted molar refractivity (Wildman–Crippen MR) is 154 cm³/mol. The van der Waals surface area contributed by atoms with Crippen LogP contribution >= 0.6 is 0 Å². The first kappa shape index (κ1) is 25.2. The number of hydrogen-bond donors (Lipinski definition) is 0. The number of anilines is 1. The van der Waals surface area contributed by atoms with Crippen molar-refractivity contribution in [2.24, 2.45) is 17.8 Å². The highest BCUT2D eigenvalue weighted by Gasteiger charge is 2.60. The van der Waals surface area contributed by atoms with E-state index in [0.717, 1.165) is 15.7 Å². The number of fused-ring (bicyclic) bond motifs is 8. The van der Waals surface area contributed by atoms with Crippen molar-refractivity contribution in [1.82, 2.24) is 0 Å². The zero-order valence-electron chi connectivity index (χ0n) is 22.7. The van der Waals surface area contributed by atoms with E-state index in [2.05, 4.69) is 0 Å². The van der Waals surface area contributed by atoms with Gasteiger partial charge < -0.3 is 14.2 Å². The lowest BCUT2D eigenvalue weighted by Crippen LogP contribution is -2.42. The first-order valence-corrected chi connectivity index (χ1v) is 13.8. The second kappa shape index (κ2) is 8.99. The lowest BCUT2D eigenvalue weighted by Gasteiger charge is -2.38. The first-order valence-electron chi connectivity index (χ1n) is 13.8. The Morgan fingerprint density at radius 2 is 1.63 bits per heavy atom. The van der Waals surface area contributed by atoms with Crippen molar-refractivity contribution >= 4 is 45.5 Å². The summed E-state index contributed by atoms with van der Waals surface area (Å²) in [5, 5.41) is 13.4. The Morgan fingerprint density at radius 1 is 0.860 bits per heavy atom. The number of carbonyl (C=O) groups excluding carboxylic acids is 3. The molecule has 0 saturated carbocycles. The lowest BCUT2D eigenvalue weighted by molar-refractivity contribution is -0.384. The second-order valence-electron chi connectivity index (χ2n) is 11.1. The zero-order chi connectivity index (χ0) is 29.6. The largest absolute Gasteiger partial charge is 0.454 e. The van der Waals surface area contributed by atoms with Crippen LogP contribution in [-0.2, 0) is 14.4 Å². The van der Waals surface area contributed by atoms with Crippen molar-refractivity contribution in [3.8, 4) is 17.2 Å². The van der Waals surface area contributed by atoms with Crippen LogP contribution in [0, 0.1) is 34.8 Å². The van der Waals surface area contributed by atoms with Crippen LogP contribution in [0.1, 0.15) is 22.6 Å². The fraction of sp³-hybridized carbons (Fsp3) is 0.182. The molecule has 4 aromatic carbocycles. The number of allylic oxidation sites excluding steroid dienone is 1. The molecule has 10 heteroatoms. The molecule has 8 rings (SSSR count). The van der Waals surface area contributed by atoms with Gasteiger partial charge in [-0.15, -0.1) is 0 Å². The molecule has 3 aliphatic heterocycles. The van der Waals surface area contributed by atoms with Crippen LogP contribution in [0.15, 0.2) is 78.9 Å². The van der Waals surface area contributed by atoms with Gasteiger partial charge in [-0.05, 0) is 52.6 Å². The number of nitrogens with zero attached hydrogens (tertiary/aromatic N) is 2. The Hall–Kier alpha value is -5.51. The van der Waals surface area contributed by atoms with Crippen molar-refractivity contribution in [3.05, 3.63) is 106 Å². The van der Waals surface area contributed by atoms with Crippen molar-refractivity contribution < 1.29 is 33.5 Å². The summed E-state index contributed by atoms with van der Waals surface area (Å²) in [6, 6.07) is 20.8. The number of ether oxygens (including phenoxy) is 3. The van der Waals surface area contributed by atoms with E-state index in [9.17, 15) is 24.5 Å². The van der Waals surface area contributed by atoms with Gasteiger partial charge in [-0.2, -0.15) is 0 Å². The summed E-state index contributed by atoms with van der Waals surface area (Å²) in [5.74, 6) is -4.00. The van der Waals surface area contributed by atoms with E-state index in [1.807, 2.05) is 42.5 Å². The number of carbonyl (C=O) groups is 3. The van der Waals surface area contributed by atoms with Crippen LogP contribution in [0.2, 0.25) is 0 Å². The molecule has 1 fully saturated rings. The maximum absolute atomic E-state index is 14.4. The van der Waals surface area contributed by atoms with Crippen molar-refractivity contribution in [1.29, 1.82) is 0 Å². The smallest absolute Gasteiger partial charge is 0.319 e. The minimum absolute atomic E-state index is 0.0706. The molecule has 0 aromatic heterocycles. The predicted octanol–water partition coefficient (Wildman–Crippen LogP) is 5.31. The monoisotopic (exact) mass is 574 g/mol. The standard InChI is InChI=1S/C33H22N2O8/c1-16-6-9-19(35(39)40)13-23(16)34-31(36)28-21(18-8-10-24-26(12-18)42-15-41-24)14-22-27-20-5-3-2-4-17(20)7-11-25(27)43-33(38)29(22)30(28)32(34)37/h2-14,21,28-30H,15H2,1H3/t21-,28-,29+,30-/m0/s1. The molecule has 0 N–H and O–H groups in total. The summed E-state index contributed by atoms with van der Waals surface area (Å²) in [5.41, 5.74) is 2.42. The summed E-state index contributed by atoms with van der Waals surface area (Å²) in [6.45, 7) is 1.75. The molecule has 0 bridgehead atoms. The van der Waals surface area contributed by atoms with E-state index in [1.165, 1.54) is 18.2 Å². The lowest BCUT2D eigenvalue weighted by atomic mass is 9.64. The van der Waals surface area contributed by atoms with Gasteiger partial charge in [0.05, 0.1) is 28.4 Å². The van der Waals surface area contributed by atoms with Gasteiger partial charge >= 0.3 is 5.97 Å². The SMILES string of the molecule is Cc1ccc([N+](=O)[O-])cc1N1C(=O)[C@@H]2[C@@H]3C(=O)Oc4ccc5ccccc5c4C3=C[C@@H](c3ccc4c(c3)OCO4)[C@@H]2C1=O. The number of nitro benzene ring substituents is 1. The van der Waals surface area contributed by atoms with Crippen LogP contribution in [0.4, 0.5) is 11.4 Å². The topological polar surface area (TPSA) is 125 Å². The number of rotatable bonds is 3. The van der Waals surface area contributed by atoms with Crippen LogP contribution in [-0.4, -0.2) is 29.5 Å². The number of imide groups is 1. The summed E-state index contributed by atoms with van der Waals surface area (Å²) < 4.78 is 17.0. The molecular weight excluding hydrogens is 552 g/mol. The van der Waals surface area contributed by atoms with Crippen LogP contribution in [0.3, 0.4) is 0 Å². The molecule has 3 heterocycles. The molecule has 212 valence electrons. The summed E-state index contributed by atoms with van der Waals surface area (Å²) in [7, 11) is 0. The molecule has 43 heavy (non-hydrogen) atoms. The number of aryl methyl sites for hydroxylation is 1. The Labute approximate surface area is 244 Å². The molecule has 4 aromatic rings. The Balaban J connectivity index is 1.36. The number of nitro groups is 1. The minimum Gasteiger partial charge on any atom is -0.454 e. The van der Waals surface area contributed by atoms with Crippen LogP contribution < -0.4 is 19.1 Å². The van der Waals surface area contributed by atoms with Crippen LogP contribution in [0.25, 0.3) is 16.3 Å². The van der Waals surface area contributed by atoms with Crippen molar-refractivity contribution in [2.45, 2.75) is 12.8 Å². The van der Waals surface area contributed by atoms with E-state index in [-0.39, 0.29) is 18.2 Å². The van der Waals surface area contributed by atoms with Gasteiger partial charge in [0, 0.05) is 23.6 Å². The summed E-state index contributed by atoms with van der Waals surface area (Å²) in [4.78, 5) is 54.5. The average Bonchev–Trinajstić information content (AvgIpc) is 3.58. The number of amides is 2. The maximum Gasteiger partial charge on any atom is 0.319 e. The van der Waals surface area contributed by atoms with Gasteiger partial charge in [-0.1, -0.05) is 48.5 Å². The third-order valence-electron chi connectivity index (χ3n) is 8.91. The Bertz CT molecular complexity index is 1980. The average molecular weight is 575 g/mol. The molecule has 0 spiro atoms. The van der Waals surface area contributed by atoms with E-state index in [0.29, 0.717) is 39.5 Å². The molecule has 4 aliphatic rings. The molecule has 2 amide bonds. The Morgan fingerprint density at radius 3 is 2.47 bits per heavy atom. The van der Waals surface area contributed by atoms with Crippen LogP contribution in [0.5, 0.6) is 17.2 Å². The highest BCUT2D eigenvalue weighted by Crippen LogP contribution is 2.56. The van der Waals surface area contributed by atoms with Gasteiger partial charge in [-0.3, -0.25) is 24.5 Å². The maximum atomic E-state index is 14.4. The second-order valence-corrected chi connectivity index (χ2v) is 11.1. The van der Waals surface area contributed by atoms with Gasteiger partial charge in [0.15, 0.2) is 11.5 Å². The first-order chi connectivity index (χ1) is 20.8. The Kier molecular flexibility index (Phi) is 5.27. The quantitative estimate of drug-likeness (QED) is 0.106. The fourth-order valence-electron chi connectivity index (χ4n) is 6.97. The molecule has 1 aliphatic carbocycles. The molecule has 4 atom stereocenters. The van der Waals surface area contributed by atoms with E-state index >= 15 is 0 Å². The number of benzene rings is 4. The van der Waals surface area contributed by atoms with Gasteiger partial charge in [0.2, 0.25) is 18.6 Å². The van der Waals surface area contributed by atoms with E-state index in [4.69, 9.17) is 14.2 Å². The van der Waals surface area contributed by atoms with Gasteiger partial charge in [-0.25, -0.2) is 4.90 Å². The third kappa shape index (κ3) is 3.56. The highest BCUT2D eigenvalue weighted by atomic mass is 16.7. The number of esters is 1. The van der Waals surface area contributed by atoms with Gasteiger partial charge in [0.1, 0.15) is 5.75 Å². The van der Waals surface area contributed by atoms with E-state index in [1.54, 1.807) is 25.1 Å². The minimum atomic E-state index is -1.10. The number of hydrogen-bond acceptors (Lipinski definition) is 8. The molecule has 0 radical (unpaired) electrons. The summed E-state index contributed by atoms with van der Waals surface area (Å²) in [6.07, 6.45) is 1.91. The van der Waals surface area contributed by atoms with Crippen molar-refractivity contribution in [2.75, 3.05) is 11.7 Å². The normalized spacial score (nSPS) is 23.4. The zero-order valence-corrected chi connectivity index (χ0v) is 22.7. The molecule has 10 nitrogen and oxygen atoms in total. The highest BCUT2D eigenvalue weighted by molar-refractivity contribution is 6.25. The molecular formula is C33H22N2O8. The molecule has 0 unspecified atom stereocenters. The third-order valence-corrected chi connectivity index (χ3v) is 8.91. The van der Waals surface area contributed by atoms with E-state index < -0.39 is 46.4 Å². The van der Waals surface area contributed by atoms with Crippen molar-refractivity contribution in [3.63, 3.8) is 0 Å². The molecule has 1 saturated heterocycles.